The lowest BCUT2D eigenvalue weighted by atomic mass is 9.88. The summed E-state index contributed by atoms with van der Waals surface area (Å²) in [5, 5.41) is 2.67. The minimum absolute atomic E-state index is 0.0277. The van der Waals surface area contributed by atoms with Crippen LogP contribution in [0.3, 0.4) is 0 Å². The Morgan fingerprint density at radius 2 is 1.82 bits per heavy atom. The molecule has 0 bridgehead atoms. The summed E-state index contributed by atoms with van der Waals surface area (Å²) in [6.07, 6.45) is 3.66. The minimum atomic E-state index is -0.503. The molecule has 4 nitrogen and oxygen atoms in total. The van der Waals surface area contributed by atoms with Crippen molar-refractivity contribution in [2.75, 3.05) is 0 Å². The maximum Gasteiger partial charge on any atom is 0.408 e. The molecular weight excluding hydrogens is 333 g/mol. The highest BCUT2D eigenvalue weighted by Crippen LogP contribution is 2.24. The molecule has 1 aliphatic carbocycles. The van der Waals surface area contributed by atoms with Crippen molar-refractivity contribution in [2.24, 2.45) is 5.41 Å². The van der Waals surface area contributed by atoms with E-state index < -0.39 is 12.1 Å². The lowest BCUT2D eigenvalue weighted by Crippen LogP contribution is -2.48. The first-order valence-electron chi connectivity index (χ1n) is 5.97. The highest BCUT2D eigenvalue weighted by molar-refractivity contribution is 14.1. The molecule has 0 aromatic heterocycles. The highest BCUT2D eigenvalue weighted by Gasteiger charge is 2.32. The molecule has 0 saturated heterocycles. The van der Waals surface area contributed by atoms with Gasteiger partial charge in [0, 0.05) is 22.6 Å². The van der Waals surface area contributed by atoms with E-state index in [2.05, 4.69) is 5.32 Å². The number of amides is 1. The van der Waals surface area contributed by atoms with Gasteiger partial charge in [0.15, 0.2) is 0 Å². The SMILES string of the molecule is CC(C)(C)C(NC(=O)OC1CCCC1)C(=O)I. The van der Waals surface area contributed by atoms with Crippen LogP contribution in [0.4, 0.5) is 4.79 Å². The molecule has 17 heavy (non-hydrogen) atoms. The topological polar surface area (TPSA) is 55.4 Å². The summed E-state index contributed by atoms with van der Waals surface area (Å²) in [5.74, 6) is 0. The molecule has 0 heterocycles. The Morgan fingerprint density at radius 1 is 1.29 bits per heavy atom. The van der Waals surface area contributed by atoms with Gasteiger partial charge in [-0.15, -0.1) is 0 Å². The summed E-state index contributed by atoms with van der Waals surface area (Å²) in [5.41, 5.74) is -0.299. The first-order chi connectivity index (χ1) is 7.80. The fourth-order valence-electron chi connectivity index (χ4n) is 1.92. The molecule has 0 aliphatic heterocycles. The van der Waals surface area contributed by atoms with E-state index >= 15 is 0 Å². The molecule has 0 spiro atoms. The van der Waals surface area contributed by atoms with Crippen LogP contribution in [0.1, 0.15) is 46.5 Å². The van der Waals surface area contributed by atoms with Crippen molar-refractivity contribution in [3.05, 3.63) is 0 Å². The Labute approximate surface area is 116 Å². The molecular formula is C12H20INO3. The van der Waals surface area contributed by atoms with Crippen LogP contribution in [0.15, 0.2) is 0 Å². The van der Waals surface area contributed by atoms with E-state index in [1.165, 1.54) is 0 Å². The number of nitrogens with one attached hydrogen (secondary N) is 1. The molecule has 1 N–H and O–H groups in total. The number of hydrogen-bond donors (Lipinski definition) is 1. The molecule has 0 aromatic carbocycles. The summed E-state index contributed by atoms with van der Waals surface area (Å²) >= 11 is 1.72. The highest BCUT2D eigenvalue weighted by atomic mass is 127. The average molecular weight is 353 g/mol. The van der Waals surface area contributed by atoms with Gasteiger partial charge in [0.2, 0.25) is 3.79 Å². The number of halogens is 1. The summed E-state index contributed by atoms with van der Waals surface area (Å²) in [6, 6.07) is -0.503. The van der Waals surface area contributed by atoms with Gasteiger partial charge in [-0.2, -0.15) is 0 Å². The zero-order valence-corrected chi connectivity index (χ0v) is 12.7. The van der Waals surface area contributed by atoms with E-state index in [4.69, 9.17) is 4.74 Å². The normalized spacial score (nSPS) is 18.8. The number of alkyl carbamates (subject to hydrolysis) is 1. The molecule has 1 atom stereocenters. The maximum absolute atomic E-state index is 11.7. The number of ether oxygens (including phenoxy) is 1. The van der Waals surface area contributed by atoms with Gasteiger partial charge < -0.3 is 10.1 Å². The summed E-state index contributed by atoms with van der Waals surface area (Å²) in [4.78, 5) is 23.2. The lowest BCUT2D eigenvalue weighted by Gasteiger charge is -2.28. The van der Waals surface area contributed by atoms with Crippen LogP contribution in [0.5, 0.6) is 0 Å². The van der Waals surface area contributed by atoms with Gasteiger partial charge in [0.1, 0.15) is 12.1 Å². The van der Waals surface area contributed by atoms with Crippen LogP contribution in [0.25, 0.3) is 0 Å². The van der Waals surface area contributed by atoms with Crippen LogP contribution in [-0.2, 0) is 9.53 Å². The second-order valence-electron chi connectivity index (χ2n) is 5.56. The van der Waals surface area contributed by atoms with Crippen molar-refractivity contribution in [1.82, 2.24) is 5.32 Å². The molecule has 1 saturated carbocycles. The number of hydrogen-bond acceptors (Lipinski definition) is 3. The van der Waals surface area contributed by atoms with Crippen molar-refractivity contribution >= 4 is 32.5 Å². The molecule has 0 radical (unpaired) electrons. The predicted molar refractivity (Wildman–Crippen MR) is 74.1 cm³/mol. The molecule has 98 valence electrons. The van der Waals surface area contributed by atoms with Crippen molar-refractivity contribution in [2.45, 2.75) is 58.6 Å². The van der Waals surface area contributed by atoms with Gasteiger partial charge >= 0.3 is 6.09 Å². The first-order valence-corrected chi connectivity index (χ1v) is 7.05. The van der Waals surface area contributed by atoms with Crippen molar-refractivity contribution < 1.29 is 14.3 Å². The van der Waals surface area contributed by atoms with Gasteiger partial charge in [-0.3, -0.25) is 4.79 Å². The van der Waals surface area contributed by atoms with Crippen LogP contribution >= 0.6 is 22.6 Å². The number of carbonyl (C=O) groups excluding carboxylic acids is 2. The van der Waals surface area contributed by atoms with E-state index in [0.717, 1.165) is 25.7 Å². The van der Waals surface area contributed by atoms with Gasteiger partial charge in [-0.05, 0) is 31.1 Å². The summed E-state index contributed by atoms with van der Waals surface area (Å²) in [6.45, 7) is 5.76. The zero-order valence-electron chi connectivity index (χ0n) is 10.6. The molecule has 1 fully saturated rings. The average Bonchev–Trinajstić information content (AvgIpc) is 2.64. The third-order valence-electron chi connectivity index (χ3n) is 2.93. The standard InChI is InChI=1S/C12H20INO3/c1-12(2,3)9(10(13)15)14-11(16)17-8-6-4-5-7-8/h8-9H,4-7H2,1-3H3,(H,14,16). The Bertz CT molecular complexity index is 293. The smallest absolute Gasteiger partial charge is 0.408 e. The second kappa shape index (κ2) is 6.02. The van der Waals surface area contributed by atoms with E-state index in [-0.39, 0.29) is 15.3 Å². The van der Waals surface area contributed by atoms with Crippen LogP contribution in [0, 0.1) is 5.41 Å². The number of rotatable bonds is 3. The van der Waals surface area contributed by atoms with Crippen molar-refractivity contribution in [3.8, 4) is 0 Å². The van der Waals surface area contributed by atoms with Gasteiger partial charge in [-0.25, -0.2) is 4.79 Å². The zero-order chi connectivity index (χ0) is 13.1. The molecule has 5 heteroatoms. The molecule has 0 aromatic rings. The first kappa shape index (κ1) is 14.7. The molecule has 1 rings (SSSR count). The Morgan fingerprint density at radius 3 is 2.24 bits per heavy atom. The predicted octanol–water partition coefficient (Wildman–Crippen LogP) is 3.03. The fourth-order valence-corrected chi connectivity index (χ4v) is 3.01. The van der Waals surface area contributed by atoms with Gasteiger partial charge in [-0.1, -0.05) is 20.8 Å². The van der Waals surface area contributed by atoms with E-state index in [0.29, 0.717) is 0 Å². The van der Waals surface area contributed by atoms with Crippen LogP contribution < -0.4 is 5.32 Å². The Balaban J connectivity index is 2.49. The van der Waals surface area contributed by atoms with E-state index in [9.17, 15) is 9.59 Å². The fraction of sp³-hybridized carbons (Fsp3) is 0.833. The Hall–Kier alpha value is -0.330. The summed E-state index contributed by atoms with van der Waals surface area (Å²) < 4.78 is 5.21. The maximum atomic E-state index is 11.7. The molecule has 1 unspecified atom stereocenters. The lowest BCUT2D eigenvalue weighted by molar-refractivity contribution is -0.113. The molecule has 1 amide bonds. The minimum Gasteiger partial charge on any atom is -0.446 e. The van der Waals surface area contributed by atoms with Crippen LogP contribution in [0.2, 0.25) is 0 Å². The quantitative estimate of drug-likeness (QED) is 0.627. The third-order valence-corrected chi connectivity index (χ3v) is 3.55. The van der Waals surface area contributed by atoms with E-state index in [1.807, 2.05) is 20.8 Å². The monoisotopic (exact) mass is 353 g/mol. The van der Waals surface area contributed by atoms with Crippen molar-refractivity contribution in [1.29, 1.82) is 0 Å². The van der Waals surface area contributed by atoms with E-state index in [1.54, 1.807) is 22.6 Å². The number of carbonyl (C=O) groups is 2. The largest absolute Gasteiger partial charge is 0.446 e. The van der Waals surface area contributed by atoms with Gasteiger partial charge in [0.05, 0.1) is 0 Å². The van der Waals surface area contributed by atoms with Gasteiger partial charge in [0.25, 0.3) is 0 Å². The van der Waals surface area contributed by atoms with Crippen LogP contribution in [-0.4, -0.2) is 22.0 Å². The molecule has 1 aliphatic rings. The third kappa shape index (κ3) is 4.81. The van der Waals surface area contributed by atoms with Crippen molar-refractivity contribution in [3.63, 3.8) is 0 Å². The summed E-state index contributed by atoms with van der Waals surface area (Å²) in [7, 11) is 0. The Kier molecular flexibility index (Phi) is 5.22. The second-order valence-corrected chi connectivity index (χ2v) is 6.62.